The minimum absolute atomic E-state index is 0.0370. The number of benzene rings is 2. The van der Waals surface area contributed by atoms with E-state index in [1.165, 1.54) is 0 Å². The topological polar surface area (TPSA) is 66.6 Å². The summed E-state index contributed by atoms with van der Waals surface area (Å²) in [6, 6.07) is 17.7. The van der Waals surface area contributed by atoms with Gasteiger partial charge in [0.15, 0.2) is 0 Å². The molecule has 0 spiro atoms. The van der Waals surface area contributed by atoms with E-state index in [-0.39, 0.29) is 19.1 Å². The number of rotatable bonds is 7. The second-order valence-electron chi connectivity index (χ2n) is 5.07. The van der Waals surface area contributed by atoms with Crippen LogP contribution in [0.5, 0.6) is 0 Å². The van der Waals surface area contributed by atoms with Crippen molar-refractivity contribution >= 4 is 5.91 Å². The van der Waals surface area contributed by atoms with Crippen LogP contribution in [0, 0.1) is 0 Å². The molecule has 0 aliphatic carbocycles. The summed E-state index contributed by atoms with van der Waals surface area (Å²) in [4.78, 5) is 13.2. The highest BCUT2D eigenvalue weighted by atomic mass is 16.3. The molecule has 0 aliphatic rings. The molecule has 3 N–H and O–H groups in total. The summed E-state index contributed by atoms with van der Waals surface area (Å²) in [6.45, 7) is 1.57. The Labute approximate surface area is 124 Å². The summed E-state index contributed by atoms with van der Waals surface area (Å²) in [5, 5.41) is 9.05. The molecule has 2 aromatic carbocycles. The minimum atomic E-state index is -0.335. The van der Waals surface area contributed by atoms with Gasteiger partial charge in [0.05, 0.1) is 13.2 Å². The Kier molecular flexibility index (Phi) is 5.49. The highest BCUT2D eigenvalue weighted by molar-refractivity contribution is 5.75. The molecule has 0 heterocycles. The maximum Gasteiger partial charge on any atom is 0.231 e. The maximum absolute atomic E-state index is 11.2. The van der Waals surface area contributed by atoms with Crippen molar-refractivity contribution in [1.29, 1.82) is 0 Å². The lowest BCUT2D eigenvalue weighted by Crippen LogP contribution is -2.33. The van der Waals surface area contributed by atoms with Crippen molar-refractivity contribution in [2.45, 2.75) is 19.7 Å². The fourth-order valence-corrected chi connectivity index (χ4v) is 2.24. The number of hydrogen-bond acceptors (Lipinski definition) is 3. The Hall–Kier alpha value is -2.17. The number of aliphatic hydroxyl groups is 1. The van der Waals surface area contributed by atoms with Crippen molar-refractivity contribution in [3.63, 3.8) is 0 Å². The first-order chi connectivity index (χ1) is 10.2. The third-order valence-electron chi connectivity index (χ3n) is 3.24. The average Bonchev–Trinajstić information content (AvgIpc) is 2.48. The van der Waals surface area contributed by atoms with Gasteiger partial charge in [0, 0.05) is 13.1 Å². The largest absolute Gasteiger partial charge is 0.392 e. The summed E-state index contributed by atoms with van der Waals surface area (Å²) in [7, 11) is 0. The van der Waals surface area contributed by atoms with Crippen LogP contribution in [0.25, 0.3) is 0 Å². The van der Waals surface area contributed by atoms with Gasteiger partial charge in [0.1, 0.15) is 0 Å². The Bertz CT molecular complexity index is 567. The SMILES string of the molecule is NC(=O)CN(Cc1ccccc1)Cc1ccc(CO)cc1. The summed E-state index contributed by atoms with van der Waals surface area (Å²) in [5.74, 6) is -0.335. The average molecular weight is 284 g/mol. The van der Waals surface area contributed by atoms with Gasteiger partial charge in [-0.05, 0) is 16.7 Å². The Morgan fingerprint density at radius 2 is 1.43 bits per heavy atom. The van der Waals surface area contributed by atoms with E-state index in [0.717, 1.165) is 16.7 Å². The highest BCUT2D eigenvalue weighted by Crippen LogP contribution is 2.11. The van der Waals surface area contributed by atoms with Crippen LogP contribution >= 0.6 is 0 Å². The van der Waals surface area contributed by atoms with E-state index in [1.54, 1.807) is 0 Å². The third kappa shape index (κ3) is 5.02. The normalized spacial score (nSPS) is 10.8. The molecule has 2 rings (SSSR count). The van der Waals surface area contributed by atoms with Crippen LogP contribution in [0.3, 0.4) is 0 Å². The Balaban J connectivity index is 2.06. The van der Waals surface area contributed by atoms with Gasteiger partial charge in [-0.1, -0.05) is 54.6 Å². The van der Waals surface area contributed by atoms with Gasteiger partial charge in [0.2, 0.25) is 5.91 Å². The number of nitrogens with two attached hydrogens (primary N) is 1. The monoisotopic (exact) mass is 284 g/mol. The van der Waals surface area contributed by atoms with Gasteiger partial charge in [-0.3, -0.25) is 9.69 Å². The van der Waals surface area contributed by atoms with Gasteiger partial charge < -0.3 is 10.8 Å². The lowest BCUT2D eigenvalue weighted by molar-refractivity contribution is -0.119. The van der Waals surface area contributed by atoms with E-state index in [1.807, 2.05) is 59.5 Å². The molecule has 4 heteroatoms. The molecule has 0 bridgehead atoms. The zero-order valence-electron chi connectivity index (χ0n) is 11.9. The van der Waals surface area contributed by atoms with Gasteiger partial charge >= 0.3 is 0 Å². The Morgan fingerprint density at radius 3 is 1.95 bits per heavy atom. The number of amides is 1. The van der Waals surface area contributed by atoms with Crippen LogP contribution in [-0.2, 0) is 24.5 Å². The van der Waals surface area contributed by atoms with Crippen molar-refractivity contribution in [1.82, 2.24) is 4.90 Å². The van der Waals surface area contributed by atoms with Gasteiger partial charge in [0.25, 0.3) is 0 Å². The molecule has 2 aromatic rings. The van der Waals surface area contributed by atoms with Gasteiger partial charge in [-0.2, -0.15) is 0 Å². The quantitative estimate of drug-likeness (QED) is 0.812. The number of hydrogen-bond donors (Lipinski definition) is 2. The summed E-state index contributed by atoms with van der Waals surface area (Å²) >= 11 is 0. The lowest BCUT2D eigenvalue weighted by Gasteiger charge is -2.21. The summed E-state index contributed by atoms with van der Waals surface area (Å²) in [5.41, 5.74) is 8.44. The van der Waals surface area contributed by atoms with E-state index in [0.29, 0.717) is 13.1 Å². The molecule has 0 aliphatic heterocycles. The second kappa shape index (κ2) is 7.57. The zero-order chi connectivity index (χ0) is 15.1. The molecule has 0 saturated carbocycles. The van der Waals surface area contributed by atoms with Crippen LogP contribution in [-0.4, -0.2) is 22.5 Å². The molecule has 21 heavy (non-hydrogen) atoms. The van der Waals surface area contributed by atoms with Crippen molar-refractivity contribution in [2.75, 3.05) is 6.54 Å². The van der Waals surface area contributed by atoms with Crippen LogP contribution < -0.4 is 5.73 Å². The molecule has 110 valence electrons. The standard InChI is InChI=1S/C17H20N2O2/c18-17(21)12-19(10-14-4-2-1-3-5-14)11-15-6-8-16(13-20)9-7-15/h1-9,20H,10-13H2,(H2,18,21). The van der Waals surface area contributed by atoms with Crippen LogP contribution in [0.2, 0.25) is 0 Å². The first-order valence-electron chi connectivity index (χ1n) is 6.90. The van der Waals surface area contributed by atoms with Gasteiger partial charge in [-0.25, -0.2) is 0 Å². The number of nitrogens with zero attached hydrogens (tertiary/aromatic N) is 1. The molecule has 0 unspecified atom stereocenters. The molecule has 0 aromatic heterocycles. The van der Waals surface area contributed by atoms with Gasteiger partial charge in [-0.15, -0.1) is 0 Å². The molecular weight excluding hydrogens is 264 g/mol. The van der Waals surface area contributed by atoms with Crippen LogP contribution in [0.1, 0.15) is 16.7 Å². The molecular formula is C17H20N2O2. The molecule has 1 amide bonds. The number of aliphatic hydroxyl groups excluding tert-OH is 1. The minimum Gasteiger partial charge on any atom is -0.392 e. The lowest BCUT2D eigenvalue weighted by atomic mass is 10.1. The molecule has 0 fully saturated rings. The van der Waals surface area contributed by atoms with E-state index >= 15 is 0 Å². The predicted octanol–water partition coefficient (Wildman–Crippen LogP) is 1.67. The maximum atomic E-state index is 11.2. The number of primary amides is 1. The highest BCUT2D eigenvalue weighted by Gasteiger charge is 2.10. The predicted molar refractivity (Wildman–Crippen MR) is 82.1 cm³/mol. The van der Waals surface area contributed by atoms with E-state index in [4.69, 9.17) is 10.8 Å². The zero-order valence-corrected chi connectivity index (χ0v) is 11.9. The molecule has 0 atom stereocenters. The van der Waals surface area contributed by atoms with Crippen molar-refractivity contribution in [2.24, 2.45) is 5.73 Å². The summed E-state index contributed by atoms with van der Waals surface area (Å²) < 4.78 is 0. The van der Waals surface area contributed by atoms with E-state index in [9.17, 15) is 4.79 Å². The molecule has 0 radical (unpaired) electrons. The first-order valence-corrected chi connectivity index (χ1v) is 6.90. The molecule has 0 saturated heterocycles. The summed E-state index contributed by atoms with van der Waals surface area (Å²) in [6.07, 6.45) is 0. The third-order valence-corrected chi connectivity index (χ3v) is 3.24. The Morgan fingerprint density at radius 1 is 0.905 bits per heavy atom. The fraction of sp³-hybridized carbons (Fsp3) is 0.235. The fourth-order valence-electron chi connectivity index (χ4n) is 2.24. The smallest absolute Gasteiger partial charge is 0.231 e. The van der Waals surface area contributed by atoms with Crippen molar-refractivity contribution in [3.05, 3.63) is 71.3 Å². The first kappa shape index (κ1) is 15.2. The van der Waals surface area contributed by atoms with Crippen molar-refractivity contribution < 1.29 is 9.90 Å². The molecule has 4 nitrogen and oxygen atoms in total. The van der Waals surface area contributed by atoms with Crippen LogP contribution in [0.15, 0.2) is 54.6 Å². The second-order valence-corrected chi connectivity index (χ2v) is 5.07. The van der Waals surface area contributed by atoms with Crippen molar-refractivity contribution in [3.8, 4) is 0 Å². The van der Waals surface area contributed by atoms with E-state index < -0.39 is 0 Å². The number of carbonyl (C=O) groups excluding carboxylic acids is 1. The van der Waals surface area contributed by atoms with E-state index in [2.05, 4.69) is 0 Å². The van der Waals surface area contributed by atoms with Crippen LogP contribution in [0.4, 0.5) is 0 Å². The number of carbonyl (C=O) groups is 1.